The van der Waals surface area contributed by atoms with Gasteiger partial charge >= 0.3 is 6.18 Å². The molecule has 1 saturated heterocycles. The van der Waals surface area contributed by atoms with E-state index < -0.39 is 26.8 Å². The van der Waals surface area contributed by atoms with Gasteiger partial charge in [0.15, 0.2) is 5.69 Å². The Morgan fingerprint density at radius 3 is 2.04 bits per heavy atom. The molecule has 0 saturated carbocycles. The van der Waals surface area contributed by atoms with Gasteiger partial charge in [0.1, 0.15) is 0 Å². The highest BCUT2D eigenvalue weighted by molar-refractivity contribution is 7.89. The van der Waals surface area contributed by atoms with Crippen molar-refractivity contribution < 1.29 is 26.5 Å². The molecule has 47 heavy (non-hydrogen) atoms. The van der Waals surface area contributed by atoms with Crippen LogP contribution in [0.25, 0.3) is 38.5 Å². The van der Waals surface area contributed by atoms with E-state index in [4.69, 9.17) is 0 Å². The third-order valence-electron chi connectivity index (χ3n) is 8.42. The number of rotatable bonds is 6. The van der Waals surface area contributed by atoms with Crippen molar-refractivity contribution in [1.82, 2.24) is 14.1 Å². The van der Waals surface area contributed by atoms with E-state index in [1.807, 2.05) is 53.4 Å². The number of sulfonamides is 1. The molecule has 9 nitrogen and oxygen atoms in total. The van der Waals surface area contributed by atoms with E-state index in [0.29, 0.717) is 30.0 Å². The van der Waals surface area contributed by atoms with Gasteiger partial charge in [0.05, 0.1) is 21.2 Å². The molecule has 238 valence electrons. The van der Waals surface area contributed by atoms with Gasteiger partial charge in [0.25, 0.3) is 5.69 Å². The lowest BCUT2D eigenvalue weighted by Crippen LogP contribution is -2.48. The molecule has 0 N–H and O–H groups in total. The molecule has 0 spiro atoms. The van der Waals surface area contributed by atoms with Gasteiger partial charge in [0.2, 0.25) is 10.0 Å². The molecule has 0 amide bonds. The molecule has 1 aliphatic heterocycles. The number of alkyl halides is 3. The fourth-order valence-electron chi connectivity index (χ4n) is 5.97. The zero-order valence-corrected chi connectivity index (χ0v) is 25.4. The summed E-state index contributed by atoms with van der Waals surface area (Å²) in [6, 6.07) is 30.3. The van der Waals surface area contributed by atoms with Gasteiger partial charge in [-0.2, -0.15) is 22.6 Å². The van der Waals surface area contributed by atoms with E-state index in [1.54, 1.807) is 30.3 Å². The van der Waals surface area contributed by atoms with Crippen LogP contribution in [-0.4, -0.2) is 53.6 Å². The SMILES string of the molecule is O=[N+]([O-])c1ccc(S(=O)(=O)N2CCN(c3ccc(-n4nc(C(F)(F)F)cc4-c4ccc5c(ccc6ccccc65)c4)cc3)CC2)cc1. The second kappa shape index (κ2) is 11.5. The molecule has 1 fully saturated rings. The number of piperazine rings is 1. The van der Waals surface area contributed by atoms with Gasteiger partial charge in [-0.25, -0.2) is 13.1 Å². The Kier molecular flexibility index (Phi) is 7.44. The molecule has 2 heterocycles. The van der Waals surface area contributed by atoms with Crippen molar-refractivity contribution in [3.8, 4) is 16.9 Å². The normalized spacial score (nSPS) is 14.6. The molecule has 0 aliphatic carbocycles. The smallest absolute Gasteiger partial charge is 0.369 e. The molecule has 0 atom stereocenters. The number of nitro benzene ring substituents is 1. The number of halogens is 3. The van der Waals surface area contributed by atoms with Crippen molar-refractivity contribution in [2.45, 2.75) is 11.1 Å². The van der Waals surface area contributed by atoms with E-state index in [2.05, 4.69) is 5.10 Å². The fourth-order valence-corrected chi connectivity index (χ4v) is 7.40. The van der Waals surface area contributed by atoms with Crippen LogP contribution in [0, 0.1) is 10.1 Å². The Morgan fingerprint density at radius 2 is 1.36 bits per heavy atom. The Hall–Kier alpha value is -5.27. The Labute approximate surface area is 267 Å². The maximum absolute atomic E-state index is 13.9. The largest absolute Gasteiger partial charge is 0.435 e. The highest BCUT2D eigenvalue weighted by atomic mass is 32.2. The average molecular weight is 658 g/mol. The minimum Gasteiger partial charge on any atom is -0.369 e. The first-order valence-corrected chi connectivity index (χ1v) is 16.1. The number of nitro groups is 1. The lowest BCUT2D eigenvalue weighted by Gasteiger charge is -2.35. The van der Waals surface area contributed by atoms with E-state index >= 15 is 0 Å². The molecule has 13 heteroatoms. The summed E-state index contributed by atoms with van der Waals surface area (Å²) in [6.07, 6.45) is -4.64. The van der Waals surface area contributed by atoms with E-state index in [0.717, 1.165) is 45.4 Å². The summed E-state index contributed by atoms with van der Waals surface area (Å²) in [5.41, 5.74) is 0.914. The number of fused-ring (bicyclic) bond motifs is 3. The van der Waals surface area contributed by atoms with E-state index in [9.17, 15) is 31.7 Å². The first-order chi connectivity index (χ1) is 22.5. The summed E-state index contributed by atoms with van der Waals surface area (Å²) in [6.45, 7) is 1.14. The predicted octanol–water partition coefficient (Wildman–Crippen LogP) is 7.28. The van der Waals surface area contributed by atoms with Gasteiger partial charge < -0.3 is 4.90 Å². The number of hydrogen-bond acceptors (Lipinski definition) is 6. The van der Waals surface area contributed by atoms with Crippen LogP contribution in [0.5, 0.6) is 0 Å². The topological polar surface area (TPSA) is 102 Å². The number of non-ortho nitro benzene ring substituents is 1. The van der Waals surface area contributed by atoms with Crippen molar-refractivity contribution in [3.63, 3.8) is 0 Å². The number of aromatic nitrogens is 2. The maximum Gasteiger partial charge on any atom is 0.435 e. The number of hydrogen-bond donors (Lipinski definition) is 0. The molecule has 1 aromatic heterocycles. The van der Waals surface area contributed by atoms with Gasteiger partial charge in [0, 0.05) is 49.6 Å². The summed E-state index contributed by atoms with van der Waals surface area (Å²) in [5.74, 6) is 0. The van der Waals surface area contributed by atoms with Crippen LogP contribution in [0.2, 0.25) is 0 Å². The zero-order chi connectivity index (χ0) is 32.9. The van der Waals surface area contributed by atoms with Crippen LogP contribution in [0.15, 0.2) is 114 Å². The van der Waals surface area contributed by atoms with Crippen molar-refractivity contribution in [1.29, 1.82) is 0 Å². The Balaban J connectivity index is 1.13. The third kappa shape index (κ3) is 5.68. The van der Waals surface area contributed by atoms with E-state index in [-0.39, 0.29) is 23.7 Å². The molecular weight excluding hydrogens is 631 g/mol. The van der Waals surface area contributed by atoms with Gasteiger partial charge in [-0.3, -0.25) is 10.1 Å². The quantitative estimate of drug-likeness (QED) is 0.106. The van der Waals surface area contributed by atoms with Crippen LogP contribution in [0.1, 0.15) is 5.69 Å². The zero-order valence-electron chi connectivity index (χ0n) is 24.6. The number of nitrogens with zero attached hydrogens (tertiary/aromatic N) is 5. The molecule has 0 bridgehead atoms. The Bertz CT molecular complexity index is 2250. The Morgan fingerprint density at radius 1 is 0.723 bits per heavy atom. The van der Waals surface area contributed by atoms with Crippen molar-refractivity contribution >= 4 is 42.9 Å². The molecule has 6 aromatic rings. The first kappa shape index (κ1) is 30.4. The van der Waals surface area contributed by atoms with Crippen LogP contribution >= 0.6 is 0 Å². The molecule has 7 rings (SSSR count). The molecule has 1 aliphatic rings. The summed E-state index contributed by atoms with van der Waals surface area (Å²) in [7, 11) is -3.84. The van der Waals surface area contributed by atoms with Gasteiger partial charge in [-0.15, -0.1) is 0 Å². The summed E-state index contributed by atoms with van der Waals surface area (Å²) in [4.78, 5) is 12.3. The van der Waals surface area contributed by atoms with E-state index in [1.165, 1.54) is 21.1 Å². The van der Waals surface area contributed by atoms with Crippen LogP contribution in [0.3, 0.4) is 0 Å². The first-order valence-electron chi connectivity index (χ1n) is 14.7. The lowest BCUT2D eigenvalue weighted by molar-refractivity contribution is -0.384. The lowest BCUT2D eigenvalue weighted by atomic mass is 9.99. The molecule has 5 aromatic carbocycles. The molecule has 0 radical (unpaired) electrons. The highest BCUT2D eigenvalue weighted by Crippen LogP contribution is 2.36. The summed E-state index contributed by atoms with van der Waals surface area (Å²) in [5, 5.41) is 18.9. The minimum absolute atomic E-state index is 0.0195. The van der Waals surface area contributed by atoms with Crippen LogP contribution in [-0.2, 0) is 16.2 Å². The number of benzene rings is 5. The number of anilines is 1. The van der Waals surface area contributed by atoms with Gasteiger partial charge in [-0.1, -0.05) is 48.5 Å². The second-order valence-corrected chi connectivity index (χ2v) is 13.1. The molecule has 0 unspecified atom stereocenters. The van der Waals surface area contributed by atoms with Gasteiger partial charge in [-0.05, 0) is 70.1 Å². The maximum atomic E-state index is 13.9. The standard InChI is InChI=1S/C34H26F3N5O4S/c35-34(36,37)33-22-32(25-7-16-31-24(21-25)6-5-23-3-1-2-4-30(23)31)41(38-33)27-10-8-26(9-11-27)39-17-19-40(20-18-39)47(45,46)29-14-12-28(13-15-29)42(43)44/h1-16,21-22H,17-20H2. The second-order valence-electron chi connectivity index (χ2n) is 11.2. The van der Waals surface area contributed by atoms with Crippen LogP contribution < -0.4 is 4.90 Å². The third-order valence-corrected chi connectivity index (χ3v) is 10.3. The highest BCUT2D eigenvalue weighted by Gasteiger charge is 2.35. The summed E-state index contributed by atoms with van der Waals surface area (Å²) >= 11 is 0. The predicted molar refractivity (Wildman–Crippen MR) is 173 cm³/mol. The summed E-state index contributed by atoms with van der Waals surface area (Å²) < 4.78 is 70.4. The van der Waals surface area contributed by atoms with Crippen molar-refractivity contribution in [2.75, 3.05) is 31.1 Å². The van der Waals surface area contributed by atoms with Crippen LogP contribution in [0.4, 0.5) is 24.5 Å². The molecular formula is C34H26F3N5O4S. The monoisotopic (exact) mass is 657 g/mol. The van der Waals surface area contributed by atoms with Crippen molar-refractivity contribution in [3.05, 3.63) is 125 Å². The van der Waals surface area contributed by atoms with Crippen molar-refractivity contribution in [2.24, 2.45) is 0 Å². The fraction of sp³-hybridized carbons (Fsp3) is 0.147. The minimum atomic E-state index is -4.64. The average Bonchev–Trinajstić information content (AvgIpc) is 3.55.